The maximum atomic E-state index is 5.70. The zero-order chi connectivity index (χ0) is 12.6. The maximum absolute atomic E-state index is 5.70. The van der Waals surface area contributed by atoms with Crippen molar-refractivity contribution in [3.05, 3.63) is 0 Å². The van der Waals surface area contributed by atoms with E-state index in [1.807, 2.05) is 0 Å². The first-order chi connectivity index (χ1) is 8.67. The molecule has 1 saturated carbocycles. The number of hydrogen-bond acceptors (Lipinski definition) is 3. The smallest absolute Gasteiger partial charge is 0.0561 e. The molecule has 3 rings (SSSR count). The van der Waals surface area contributed by atoms with E-state index >= 15 is 0 Å². The Hall–Kier alpha value is -0.120. The number of ether oxygens (including phenoxy) is 1. The summed E-state index contributed by atoms with van der Waals surface area (Å²) in [6.07, 6.45) is 7.07. The third-order valence-corrected chi connectivity index (χ3v) is 5.13. The summed E-state index contributed by atoms with van der Waals surface area (Å²) >= 11 is 0. The van der Waals surface area contributed by atoms with Crippen LogP contribution < -0.4 is 5.32 Å². The second-order valence-corrected chi connectivity index (χ2v) is 6.80. The van der Waals surface area contributed by atoms with Gasteiger partial charge in [0.05, 0.1) is 6.10 Å². The van der Waals surface area contributed by atoms with Crippen molar-refractivity contribution in [2.24, 2.45) is 5.92 Å². The molecule has 0 bridgehead atoms. The molecule has 0 aromatic carbocycles. The van der Waals surface area contributed by atoms with E-state index in [-0.39, 0.29) is 0 Å². The molecule has 3 aliphatic rings. The highest BCUT2D eigenvalue weighted by Crippen LogP contribution is 2.41. The molecule has 104 valence electrons. The highest BCUT2D eigenvalue weighted by atomic mass is 16.5. The molecule has 3 fully saturated rings. The van der Waals surface area contributed by atoms with Crippen molar-refractivity contribution in [3.63, 3.8) is 0 Å². The van der Waals surface area contributed by atoms with Gasteiger partial charge in [0, 0.05) is 24.7 Å². The minimum atomic E-state index is 0.373. The molecule has 3 unspecified atom stereocenters. The molecule has 1 N–H and O–H groups in total. The van der Waals surface area contributed by atoms with Gasteiger partial charge in [-0.05, 0) is 65.0 Å². The standard InChI is InChI=1S/C15H28N2O/c1-12-10-14(6-9-18-12)17-8-3-7-16-15(2,11-17)13-4-5-13/h12-14,16H,3-11H2,1-2H3. The summed E-state index contributed by atoms with van der Waals surface area (Å²) in [6, 6.07) is 0.756. The molecule has 3 atom stereocenters. The average Bonchev–Trinajstić information content (AvgIpc) is 3.15. The van der Waals surface area contributed by atoms with E-state index in [2.05, 4.69) is 24.1 Å². The first-order valence-corrected chi connectivity index (χ1v) is 7.78. The van der Waals surface area contributed by atoms with Gasteiger partial charge >= 0.3 is 0 Å². The van der Waals surface area contributed by atoms with Crippen LogP contribution in [-0.4, -0.2) is 48.8 Å². The Morgan fingerprint density at radius 2 is 2.11 bits per heavy atom. The summed E-state index contributed by atoms with van der Waals surface area (Å²) < 4.78 is 5.70. The van der Waals surface area contributed by atoms with E-state index in [0.717, 1.165) is 18.6 Å². The van der Waals surface area contributed by atoms with E-state index in [1.54, 1.807) is 0 Å². The summed E-state index contributed by atoms with van der Waals surface area (Å²) in [7, 11) is 0. The molecule has 2 aliphatic heterocycles. The van der Waals surface area contributed by atoms with E-state index in [0.29, 0.717) is 11.6 Å². The Morgan fingerprint density at radius 3 is 2.83 bits per heavy atom. The number of nitrogens with zero attached hydrogens (tertiary/aromatic N) is 1. The van der Waals surface area contributed by atoms with Crippen molar-refractivity contribution in [1.82, 2.24) is 10.2 Å². The first-order valence-electron chi connectivity index (χ1n) is 7.78. The van der Waals surface area contributed by atoms with Gasteiger partial charge in [-0.3, -0.25) is 4.90 Å². The lowest BCUT2D eigenvalue weighted by Gasteiger charge is -2.40. The molecule has 2 heterocycles. The second kappa shape index (κ2) is 5.10. The Morgan fingerprint density at radius 1 is 1.28 bits per heavy atom. The van der Waals surface area contributed by atoms with Crippen LogP contribution in [0.5, 0.6) is 0 Å². The molecule has 3 nitrogen and oxygen atoms in total. The van der Waals surface area contributed by atoms with Crippen LogP contribution in [0.2, 0.25) is 0 Å². The normalized spacial score (nSPS) is 43.7. The fraction of sp³-hybridized carbons (Fsp3) is 1.00. The molecule has 0 aromatic heterocycles. The van der Waals surface area contributed by atoms with Gasteiger partial charge in [0.15, 0.2) is 0 Å². The zero-order valence-corrected chi connectivity index (χ0v) is 12.0. The predicted octanol–water partition coefficient (Wildman–Crippen LogP) is 2.02. The van der Waals surface area contributed by atoms with Gasteiger partial charge in [-0.15, -0.1) is 0 Å². The van der Waals surface area contributed by atoms with Crippen molar-refractivity contribution < 1.29 is 4.74 Å². The molecule has 0 aromatic rings. The highest BCUT2D eigenvalue weighted by Gasteiger charge is 2.44. The van der Waals surface area contributed by atoms with Crippen LogP contribution in [0.25, 0.3) is 0 Å². The lowest BCUT2D eigenvalue weighted by Crippen LogP contribution is -2.54. The van der Waals surface area contributed by atoms with E-state index in [4.69, 9.17) is 4.74 Å². The maximum Gasteiger partial charge on any atom is 0.0561 e. The van der Waals surface area contributed by atoms with Gasteiger partial charge in [0.25, 0.3) is 0 Å². The van der Waals surface area contributed by atoms with Crippen LogP contribution in [0.3, 0.4) is 0 Å². The van der Waals surface area contributed by atoms with Crippen molar-refractivity contribution in [2.45, 2.75) is 63.6 Å². The van der Waals surface area contributed by atoms with Crippen LogP contribution in [0, 0.1) is 5.92 Å². The van der Waals surface area contributed by atoms with Crippen LogP contribution in [0.4, 0.5) is 0 Å². The quantitative estimate of drug-likeness (QED) is 0.814. The van der Waals surface area contributed by atoms with E-state index in [9.17, 15) is 0 Å². The largest absolute Gasteiger partial charge is 0.378 e. The van der Waals surface area contributed by atoms with Gasteiger partial charge in [0.1, 0.15) is 0 Å². The zero-order valence-electron chi connectivity index (χ0n) is 12.0. The van der Waals surface area contributed by atoms with Crippen molar-refractivity contribution in [2.75, 3.05) is 26.2 Å². The lowest BCUT2D eigenvalue weighted by atomic mass is 9.93. The van der Waals surface area contributed by atoms with Crippen LogP contribution in [0.15, 0.2) is 0 Å². The first kappa shape index (κ1) is 12.9. The van der Waals surface area contributed by atoms with Crippen molar-refractivity contribution in [1.29, 1.82) is 0 Å². The molecular formula is C15H28N2O. The molecule has 18 heavy (non-hydrogen) atoms. The van der Waals surface area contributed by atoms with Gasteiger partial charge in [-0.25, -0.2) is 0 Å². The minimum Gasteiger partial charge on any atom is -0.378 e. The molecule has 3 heteroatoms. The number of nitrogens with one attached hydrogen (secondary N) is 1. The summed E-state index contributed by atoms with van der Waals surface area (Å²) in [5.41, 5.74) is 0.373. The summed E-state index contributed by atoms with van der Waals surface area (Å²) in [6.45, 7) is 9.34. The molecule has 1 aliphatic carbocycles. The van der Waals surface area contributed by atoms with Gasteiger partial charge < -0.3 is 10.1 Å². The van der Waals surface area contributed by atoms with Crippen molar-refractivity contribution in [3.8, 4) is 0 Å². The molecule has 0 amide bonds. The Labute approximate surface area is 111 Å². The molecule has 0 spiro atoms. The summed E-state index contributed by atoms with van der Waals surface area (Å²) in [5.74, 6) is 0.926. The SMILES string of the molecule is CC1CC(N2CCCNC(C)(C3CC3)C2)CCO1. The highest BCUT2D eigenvalue weighted by molar-refractivity contribution is 5.02. The minimum absolute atomic E-state index is 0.373. The third kappa shape index (κ3) is 2.73. The van der Waals surface area contributed by atoms with E-state index < -0.39 is 0 Å². The van der Waals surface area contributed by atoms with Gasteiger partial charge in [-0.2, -0.15) is 0 Å². The fourth-order valence-electron chi connectivity index (χ4n) is 3.82. The number of rotatable bonds is 2. The van der Waals surface area contributed by atoms with Gasteiger partial charge in [0.2, 0.25) is 0 Å². The van der Waals surface area contributed by atoms with E-state index in [1.165, 1.54) is 51.7 Å². The second-order valence-electron chi connectivity index (χ2n) is 6.80. The fourth-order valence-corrected chi connectivity index (χ4v) is 3.82. The van der Waals surface area contributed by atoms with Crippen LogP contribution in [0.1, 0.15) is 46.0 Å². The van der Waals surface area contributed by atoms with Crippen LogP contribution in [-0.2, 0) is 4.74 Å². The Balaban J connectivity index is 1.66. The van der Waals surface area contributed by atoms with Crippen molar-refractivity contribution >= 4 is 0 Å². The third-order valence-electron chi connectivity index (χ3n) is 5.13. The number of hydrogen-bond donors (Lipinski definition) is 1. The molecular weight excluding hydrogens is 224 g/mol. The topological polar surface area (TPSA) is 24.5 Å². The molecule has 2 saturated heterocycles. The Bertz CT molecular complexity index is 292. The van der Waals surface area contributed by atoms with Gasteiger partial charge in [-0.1, -0.05) is 0 Å². The Kier molecular flexibility index (Phi) is 3.65. The summed E-state index contributed by atoms with van der Waals surface area (Å²) in [4.78, 5) is 2.76. The monoisotopic (exact) mass is 252 g/mol. The summed E-state index contributed by atoms with van der Waals surface area (Å²) in [5, 5.41) is 3.83. The lowest BCUT2D eigenvalue weighted by molar-refractivity contribution is -0.0212. The predicted molar refractivity (Wildman–Crippen MR) is 73.8 cm³/mol. The average molecular weight is 252 g/mol. The molecule has 0 radical (unpaired) electrons. The van der Waals surface area contributed by atoms with Crippen LogP contribution >= 0.6 is 0 Å².